The van der Waals surface area contributed by atoms with Crippen LogP contribution in [0.3, 0.4) is 0 Å². The van der Waals surface area contributed by atoms with E-state index in [1.165, 1.54) is 17.1 Å². The zero-order valence-corrected chi connectivity index (χ0v) is 23.1. The van der Waals surface area contributed by atoms with Crippen LogP contribution in [0.1, 0.15) is 51.9 Å². The van der Waals surface area contributed by atoms with Gasteiger partial charge in [0.25, 0.3) is 0 Å². The van der Waals surface area contributed by atoms with Crippen molar-refractivity contribution in [2.24, 2.45) is 0 Å². The minimum absolute atomic E-state index is 0.00457. The van der Waals surface area contributed by atoms with Crippen molar-refractivity contribution < 1.29 is 5.11 Å². The number of piperazine rings is 2. The van der Waals surface area contributed by atoms with Crippen molar-refractivity contribution in [3.05, 3.63) is 48.0 Å². The van der Waals surface area contributed by atoms with Gasteiger partial charge in [0, 0.05) is 81.1 Å². The highest BCUT2D eigenvalue weighted by Gasteiger charge is 2.29. The lowest BCUT2D eigenvalue weighted by Crippen LogP contribution is -2.47. The van der Waals surface area contributed by atoms with Crippen molar-refractivity contribution in [1.29, 1.82) is 0 Å². The molecular formula is C29H46N6O. The molecule has 0 unspecified atom stereocenters. The summed E-state index contributed by atoms with van der Waals surface area (Å²) in [5.74, 6) is 0. The average Bonchev–Trinajstić information content (AvgIpc) is 2.89. The van der Waals surface area contributed by atoms with Gasteiger partial charge in [-0.15, -0.1) is 0 Å². The second-order valence-electron chi connectivity index (χ2n) is 11.9. The number of aliphatic hydroxyl groups is 1. The molecule has 2 aliphatic rings. The molecule has 0 saturated carbocycles. The summed E-state index contributed by atoms with van der Waals surface area (Å²) in [6.07, 6.45) is 6.21. The number of hydrogen-bond acceptors (Lipinski definition) is 7. The Kier molecular flexibility index (Phi) is 8.53. The Morgan fingerprint density at radius 2 is 1.14 bits per heavy atom. The van der Waals surface area contributed by atoms with Crippen molar-refractivity contribution in [2.45, 2.75) is 51.4 Å². The molecule has 4 rings (SSSR count). The van der Waals surface area contributed by atoms with E-state index >= 15 is 0 Å². The van der Waals surface area contributed by atoms with E-state index in [4.69, 9.17) is 15.1 Å². The van der Waals surface area contributed by atoms with Gasteiger partial charge >= 0.3 is 0 Å². The van der Waals surface area contributed by atoms with Crippen LogP contribution in [0.15, 0.2) is 36.7 Å². The molecule has 2 aromatic rings. The third-order valence-corrected chi connectivity index (χ3v) is 8.28. The maximum absolute atomic E-state index is 9.16. The van der Waals surface area contributed by atoms with Crippen LogP contribution < -0.4 is 9.80 Å². The van der Waals surface area contributed by atoms with E-state index in [2.05, 4.69) is 84.8 Å². The molecular weight excluding hydrogens is 448 g/mol. The molecule has 198 valence electrons. The van der Waals surface area contributed by atoms with Gasteiger partial charge < -0.3 is 19.8 Å². The second kappa shape index (κ2) is 11.4. The van der Waals surface area contributed by atoms with Crippen molar-refractivity contribution in [2.75, 3.05) is 82.4 Å². The number of likely N-dealkylation sites (N-methyl/N-ethyl adjacent to an activating group) is 1. The number of aliphatic hydroxyl groups excluding tert-OH is 1. The van der Waals surface area contributed by atoms with Gasteiger partial charge in [0.15, 0.2) is 0 Å². The van der Waals surface area contributed by atoms with E-state index in [1.54, 1.807) is 0 Å². The minimum atomic E-state index is -0.00457. The van der Waals surface area contributed by atoms with E-state index in [1.807, 2.05) is 6.20 Å². The molecule has 1 N–H and O–H groups in total. The van der Waals surface area contributed by atoms with Gasteiger partial charge in [0.1, 0.15) is 0 Å². The fraction of sp³-hybridized carbons (Fsp3) is 0.655. The SMILES string of the molecule is CN1CCN(c2ccc(C(C)(C)CCC(C)(C)c3ccc(N4CCN(CCO)CC4)cn3)nc2)CC1. The summed E-state index contributed by atoms with van der Waals surface area (Å²) in [5.41, 5.74) is 4.76. The summed E-state index contributed by atoms with van der Waals surface area (Å²) < 4.78 is 0. The third kappa shape index (κ3) is 6.55. The van der Waals surface area contributed by atoms with Crippen LogP contribution in [-0.4, -0.2) is 97.4 Å². The second-order valence-corrected chi connectivity index (χ2v) is 11.9. The van der Waals surface area contributed by atoms with E-state index < -0.39 is 0 Å². The number of hydrogen-bond donors (Lipinski definition) is 1. The Hall–Kier alpha value is -2.22. The summed E-state index contributed by atoms with van der Waals surface area (Å²) in [7, 11) is 2.19. The van der Waals surface area contributed by atoms with E-state index in [-0.39, 0.29) is 17.4 Å². The summed E-state index contributed by atoms with van der Waals surface area (Å²) >= 11 is 0. The lowest BCUT2D eigenvalue weighted by Gasteiger charge is -2.36. The molecule has 2 aliphatic heterocycles. The third-order valence-electron chi connectivity index (χ3n) is 8.28. The first kappa shape index (κ1) is 26.8. The molecule has 2 fully saturated rings. The standard InChI is InChI=1S/C29H46N6O/c1-28(2,26-8-6-24(22-30-26)34-16-12-32(5)13-17-34)10-11-29(3,4)27-9-7-25(23-31-27)35-18-14-33(15-19-35)20-21-36/h6-9,22-23,36H,10-21H2,1-5H3. The smallest absolute Gasteiger partial charge is 0.0558 e. The summed E-state index contributed by atoms with van der Waals surface area (Å²) in [6, 6.07) is 8.93. The predicted molar refractivity (Wildman–Crippen MR) is 149 cm³/mol. The zero-order valence-electron chi connectivity index (χ0n) is 23.1. The average molecular weight is 495 g/mol. The Bertz CT molecular complexity index is 943. The summed E-state index contributed by atoms with van der Waals surface area (Å²) in [5, 5.41) is 9.16. The molecule has 2 aromatic heterocycles. The Labute approximate surface area is 218 Å². The largest absolute Gasteiger partial charge is 0.395 e. The predicted octanol–water partition coefficient (Wildman–Crippen LogP) is 3.38. The monoisotopic (exact) mass is 494 g/mol. The molecule has 0 atom stereocenters. The van der Waals surface area contributed by atoms with Gasteiger partial charge in [0.2, 0.25) is 0 Å². The van der Waals surface area contributed by atoms with Crippen LogP contribution in [0.5, 0.6) is 0 Å². The fourth-order valence-corrected chi connectivity index (χ4v) is 5.26. The van der Waals surface area contributed by atoms with Gasteiger partial charge in [-0.1, -0.05) is 27.7 Å². The highest BCUT2D eigenvalue weighted by molar-refractivity contribution is 5.46. The topological polar surface area (TPSA) is 59.0 Å². The van der Waals surface area contributed by atoms with Crippen molar-refractivity contribution >= 4 is 11.4 Å². The lowest BCUT2D eigenvalue weighted by molar-refractivity contribution is 0.189. The highest BCUT2D eigenvalue weighted by atomic mass is 16.3. The van der Waals surface area contributed by atoms with Crippen molar-refractivity contribution in [3.63, 3.8) is 0 Å². The molecule has 0 aliphatic carbocycles. The molecule has 0 aromatic carbocycles. The molecule has 36 heavy (non-hydrogen) atoms. The van der Waals surface area contributed by atoms with Gasteiger partial charge in [-0.25, -0.2) is 0 Å². The van der Waals surface area contributed by atoms with Crippen LogP contribution in [0.25, 0.3) is 0 Å². The Balaban J connectivity index is 1.33. The van der Waals surface area contributed by atoms with E-state index in [0.717, 1.165) is 77.4 Å². The maximum atomic E-state index is 9.16. The maximum Gasteiger partial charge on any atom is 0.0558 e. The summed E-state index contributed by atoms with van der Waals surface area (Å²) in [6.45, 7) is 18.6. The van der Waals surface area contributed by atoms with Gasteiger partial charge in [0.05, 0.1) is 30.4 Å². The van der Waals surface area contributed by atoms with Crippen molar-refractivity contribution in [3.8, 4) is 0 Å². The molecule has 7 nitrogen and oxygen atoms in total. The van der Waals surface area contributed by atoms with Gasteiger partial charge in [-0.05, 0) is 44.2 Å². The first-order chi connectivity index (χ1) is 17.2. The number of nitrogens with zero attached hydrogens (tertiary/aromatic N) is 6. The number of anilines is 2. The Morgan fingerprint density at radius 3 is 1.53 bits per heavy atom. The molecule has 0 spiro atoms. The number of β-amino-alcohol motifs (C(OH)–C–C–N with tert-alkyl or cyclic N) is 1. The molecule has 0 amide bonds. The number of rotatable bonds is 9. The van der Waals surface area contributed by atoms with Crippen LogP contribution >= 0.6 is 0 Å². The molecule has 0 bridgehead atoms. The molecule has 2 saturated heterocycles. The summed E-state index contributed by atoms with van der Waals surface area (Å²) in [4.78, 5) is 19.3. The van der Waals surface area contributed by atoms with Gasteiger partial charge in [-0.3, -0.25) is 14.9 Å². The Morgan fingerprint density at radius 1 is 0.694 bits per heavy atom. The molecule has 7 heteroatoms. The van der Waals surface area contributed by atoms with Crippen LogP contribution in [0.2, 0.25) is 0 Å². The lowest BCUT2D eigenvalue weighted by atomic mass is 9.75. The van der Waals surface area contributed by atoms with Crippen LogP contribution in [0.4, 0.5) is 11.4 Å². The highest BCUT2D eigenvalue weighted by Crippen LogP contribution is 2.35. The quantitative estimate of drug-likeness (QED) is 0.574. The normalized spacial score (nSPS) is 18.6. The first-order valence-corrected chi connectivity index (χ1v) is 13.6. The zero-order chi connectivity index (χ0) is 25.8. The number of pyridine rings is 2. The van der Waals surface area contributed by atoms with E-state index in [9.17, 15) is 0 Å². The van der Waals surface area contributed by atoms with Crippen LogP contribution in [-0.2, 0) is 10.8 Å². The number of aromatic nitrogens is 2. The van der Waals surface area contributed by atoms with E-state index in [0.29, 0.717) is 0 Å². The minimum Gasteiger partial charge on any atom is -0.395 e. The first-order valence-electron chi connectivity index (χ1n) is 13.6. The van der Waals surface area contributed by atoms with Crippen molar-refractivity contribution in [1.82, 2.24) is 19.8 Å². The molecule has 4 heterocycles. The molecule has 0 radical (unpaired) electrons. The van der Waals surface area contributed by atoms with Gasteiger partial charge in [-0.2, -0.15) is 0 Å². The van der Waals surface area contributed by atoms with Crippen LogP contribution in [0, 0.1) is 0 Å². The fourth-order valence-electron chi connectivity index (χ4n) is 5.26.